The molecule has 1 saturated carbocycles. The summed E-state index contributed by atoms with van der Waals surface area (Å²) in [5.74, 6) is 0.515. The summed E-state index contributed by atoms with van der Waals surface area (Å²) in [7, 11) is 0. The Morgan fingerprint density at radius 3 is 2.91 bits per heavy atom. The fourth-order valence-electron chi connectivity index (χ4n) is 2.47. The quantitative estimate of drug-likeness (QED) is 0.756. The number of carbonyl (C=O) groups is 1. The Morgan fingerprint density at radius 2 is 2.13 bits per heavy atom. The molecule has 0 spiro atoms. The number of nitrogens with one attached hydrogen (secondary N) is 2. The van der Waals surface area contributed by atoms with Gasteiger partial charge in [0.1, 0.15) is 0 Å². The normalized spacial score (nSPS) is 13.9. The molecule has 1 fully saturated rings. The van der Waals surface area contributed by atoms with Crippen LogP contribution in [0, 0.1) is 0 Å². The van der Waals surface area contributed by atoms with Crippen LogP contribution in [0.4, 0.5) is 0 Å². The summed E-state index contributed by atoms with van der Waals surface area (Å²) in [6.07, 6.45) is 4.05. The van der Waals surface area contributed by atoms with Crippen LogP contribution in [0.1, 0.15) is 39.8 Å². The molecule has 6 heteroatoms. The highest BCUT2D eigenvalue weighted by Gasteiger charge is 2.26. The minimum atomic E-state index is -0.140. The highest BCUT2D eigenvalue weighted by atomic mass is 32.1. The topological polar surface area (TPSA) is 70.7 Å². The number of thiazole rings is 1. The zero-order valence-corrected chi connectivity index (χ0v) is 13.3. The van der Waals surface area contributed by atoms with Gasteiger partial charge in [0.15, 0.2) is 0 Å². The first kappa shape index (κ1) is 14.1. The number of hydrogen-bond acceptors (Lipinski definition) is 4. The van der Waals surface area contributed by atoms with E-state index in [0.29, 0.717) is 18.0 Å². The molecular formula is C17H16N4OS. The van der Waals surface area contributed by atoms with Crippen molar-refractivity contribution >= 4 is 17.2 Å². The Hall–Kier alpha value is -2.47. The zero-order valence-electron chi connectivity index (χ0n) is 12.5. The molecule has 4 rings (SSSR count). The predicted molar refractivity (Wildman–Crippen MR) is 89.3 cm³/mol. The molecule has 0 radical (unpaired) electrons. The smallest absolute Gasteiger partial charge is 0.255 e. The summed E-state index contributed by atoms with van der Waals surface area (Å²) >= 11 is 1.69. The number of aromatic amines is 1. The van der Waals surface area contributed by atoms with Gasteiger partial charge < -0.3 is 5.32 Å². The van der Waals surface area contributed by atoms with Gasteiger partial charge in [-0.05, 0) is 12.8 Å². The van der Waals surface area contributed by atoms with Crippen molar-refractivity contribution in [3.05, 3.63) is 58.2 Å². The SMILES string of the molecule is O=C(NCc1csc(C2CC2)n1)c1cn[nH]c1-c1ccccc1. The molecule has 0 saturated heterocycles. The molecule has 3 aromatic rings. The lowest BCUT2D eigenvalue weighted by molar-refractivity contribution is 0.0951. The number of aromatic nitrogens is 3. The van der Waals surface area contributed by atoms with E-state index in [1.165, 1.54) is 17.8 Å². The molecule has 2 aromatic heterocycles. The van der Waals surface area contributed by atoms with Crippen molar-refractivity contribution in [2.75, 3.05) is 0 Å². The van der Waals surface area contributed by atoms with E-state index in [1.54, 1.807) is 17.5 Å². The van der Waals surface area contributed by atoms with Crippen molar-refractivity contribution in [1.82, 2.24) is 20.5 Å². The number of carbonyl (C=O) groups excluding carboxylic acids is 1. The van der Waals surface area contributed by atoms with Gasteiger partial charge in [0.2, 0.25) is 0 Å². The second kappa shape index (κ2) is 5.96. The van der Waals surface area contributed by atoms with Crippen LogP contribution in [0.15, 0.2) is 41.9 Å². The van der Waals surface area contributed by atoms with Gasteiger partial charge >= 0.3 is 0 Å². The lowest BCUT2D eigenvalue weighted by atomic mass is 10.1. The second-order valence-electron chi connectivity index (χ2n) is 5.66. The van der Waals surface area contributed by atoms with Crippen molar-refractivity contribution < 1.29 is 4.79 Å². The summed E-state index contributed by atoms with van der Waals surface area (Å²) in [5.41, 5.74) is 3.16. The molecule has 0 bridgehead atoms. The Labute approximate surface area is 137 Å². The number of nitrogens with zero attached hydrogens (tertiary/aromatic N) is 2. The molecule has 1 aliphatic carbocycles. The maximum absolute atomic E-state index is 12.4. The van der Waals surface area contributed by atoms with Crippen molar-refractivity contribution in [1.29, 1.82) is 0 Å². The average Bonchev–Trinajstić information content (AvgIpc) is 3.14. The van der Waals surface area contributed by atoms with Crippen LogP contribution in [0.5, 0.6) is 0 Å². The summed E-state index contributed by atoms with van der Waals surface area (Å²) in [5, 5.41) is 13.1. The highest BCUT2D eigenvalue weighted by molar-refractivity contribution is 7.09. The van der Waals surface area contributed by atoms with Crippen molar-refractivity contribution in [3.63, 3.8) is 0 Å². The fourth-order valence-corrected chi connectivity index (χ4v) is 3.46. The molecule has 1 aromatic carbocycles. The van der Waals surface area contributed by atoms with Crippen LogP contribution < -0.4 is 5.32 Å². The first-order chi connectivity index (χ1) is 11.3. The minimum absolute atomic E-state index is 0.140. The van der Waals surface area contributed by atoms with Gasteiger partial charge in [0, 0.05) is 16.9 Å². The molecule has 1 amide bonds. The second-order valence-corrected chi connectivity index (χ2v) is 6.55. The number of rotatable bonds is 5. The van der Waals surface area contributed by atoms with Crippen LogP contribution in [-0.2, 0) is 6.54 Å². The van der Waals surface area contributed by atoms with Gasteiger partial charge in [-0.15, -0.1) is 11.3 Å². The molecule has 5 nitrogen and oxygen atoms in total. The van der Waals surface area contributed by atoms with Crippen molar-refractivity contribution in [2.24, 2.45) is 0 Å². The third kappa shape index (κ3) is 3.03. The van der Waals surface area contributed by atoms with E-state index in [-0.39, 0.29) is 5.91 Å². The highest BCUT2D eigenvalue weighted by Crippen LogP contribution is 2.41. The lowest BCUT2D eigenvalue weighted by Crippen LogP contribution is -2.23. The number of amides is 1. The molecule has 0 atom stereocenters. The van der Waals surface area contributed by atoms with Crippen LogP contribution >= 0.6 is 11.3 Å². The van der Waals surface area contributed by atoms with Crippen LogP contribution in [0.2, 0.25) is 0 Å². The number of hydrogen-bond donors (Lipinski definition) is 2. The zero-order chi connectivity index (χ0) is 15.6. The summed E-state index contributed by atoms with van der Waals surface area (Å²) < 4.78 is 0. The molecule has 2 N–H and O–H groups in total. The lowest BCUT2D eigenvalue weighted by Gasteiger charge is -2.04. The number of benzene rings is 1. The van der Waals surface area contributed by atoms with E-state index in [4.69, 9.17) is 0 Å². The summed E-state index contributed by atoms with van der Waals surface area (Å²) in [6.45, 7) is 0.446. The third-order valence-corrected chi connectivity index (χ3v) is 4.93. The molecule has 23 heavy (non-hydrogen) atoms. The number of H-pyrrole nitrogens is 1. The monoisotopic (exact) mass is 324 g/mol. The van der Waals surface area contributed by atoms with Gasteiger partial charge in [-0.2, -0.15) is 5.10 Å². The van der Waals surface area contributed by atoms with E-state index >= 15 is 0 Å². The molecule has 116 valence electrons. The van der Waals surface area contributed by atoms with Gasteiger partial charge in [0.05, 0.1) is 34.7 Å². The molecule has 1 aliphatic rings. The van der Waals surface area contributed by atoms with Crippen LogP contribution in [0.25, 0.3) is 11.3 Å². The molecular weight excluding hydrogens is 308 g/mol. The Kier molecular flexibility index (Phi) is 3.67. The standard InChI is InChI=1S/C17H16N4OS/c22-16(18-8-13-10-23-17(20-13)12-6-7-12)14-9-19-21-15(14)11-4-2-1-3-5-11/h1-5,9-10,12H,6-8H2,(H,18,22)(H,19,21). The maximum atomic E-state index is 12.4. The van der Waals surface area contributed by atoms with Gasteiger partial charge in [0.25, 0.3) is 5.91 Å². The minimum Gasteiger partial charge on any atom is -0.346 e. The average molecular weight is 324 g/mol. The predicted octanol–water partition coefficient (Wildman–Crippen LogP) is 3.34. The van der Waals surface area contributed by atoms with E-state index in [9.17, 15) is 4.79 Å². The van der Waals surface area contributed by atoms with E-state index in [0.717, 1.165) is 17.0 Å². The maximum Gasteiger partial charge on any atom is 0.255 e. The third-order valence-electron chi connectivity index (χ3n) is 3.87. The molecule has 0 unspecified atom stereocenters. The van der Waals surface area contributed by atoms with Gasteiger partial charge in [-0.1, -0.05) is 30.3 Å². The molecule has 0 aliphatic heterocycles. The Balaban J connectivity index is 1.46. The summed E-state index contributed by atoms with van der Waals surface area (Å²) in [6, 6.07) is 9.72. The molecule has 2 heterocycles. The van der Waals surface area contributed by atoms with Gasteiger partial charge in [-0.3, -0.25) is 9.89 Å². The fraction of sp³-hybridized carbons (Fsp3) is 0.235. The first-order valence-corrected chi connectivity index (χ1v) is 8.50. The van der Waals surface area contributed by atoms with Gasteiger partial charge in [-0.25, -0.2) is 4.98 Å². The van der Waals surface area contributed by atoms with E-state index in [2.05, 4.69) is 20.5 Å². The summed E-state index contributed by atoms with van der Waals surface area (Å²) in [4.78, 5) is 17.0. The van der Waals surface area contributed by atoms with Crippen molar-refractivity contribution in [2.45, 2.75) is 25.3 Å². The van der Waals surface area contributed by atoms with Crippen molar-refractivity contribution in [3.8, 4) is 11.3 Å². The van der Waals surface area contributed by atoms with E-state index in [1.807, 2.05) is 35.7 Å². The van der Waals surface area contributed by atoms with Crippen LogP contribution in [-0.4, -0.2) is 21.1 Å². The van der Waals surface area contributed by atoms with Crippen LogP contribution in [0.3, 0.4) is 0 Å². The Morgan fingerprint density at radius 1 is 1.30 bits per heavy atom. The largest absolute Gasteiger partial charge is 0.346 e. The first-order valence-electron chi connectivity index (χ1n) is 7.62. The Bertz CT molecular complexity index is 820. The van der Waals surface area contributed by atoms with E-state index < -0.39 is 0 Å².